The van der Waals surface area contributed by atoms with Crippen LogP contribution in [0.5, 0.6) is 0 Å². The zero-order chi connectivity index (χ0) is 29.5. The van der Waals surface area contributed by atoms with E-state index in [9.17, 15) is 36.7 Å². The van der Waals surface area contributed by atoms with Gasteiger partial charge in [-0.2, -0.15) is 13.2 Å². The number of carbonyl (C=O) groups is 4. The molecule has 1 aliphatic carbocycles. The molecule has 0 radical (unpaired) electrons. The van der Waals surface area contributed by atoms with Gasteiger partial charge in [0.1, 0.15) is 18.6 Å². The Labute approximate surface area is 230 Å². The van der Waals surface area contributed by atoms with Crippen LogP contribution in [0, 0.1) is 11.6 Å². The summed E-state index contributed by atoms with van der Waals surface area (Å²) in [7, 11) is 0. The number of halogens is 5. The number of ketones is 1. The van der Waals surface area contributed by atoms with Crippen molar-refractivity contribution in [3.05, 3.63) is 64.7 Å². The molecule has 2 aromatic rings. The van der Waals surface area contributed by atoms with Gasteiger partial charge in [-0.05, 0) is 42.2 Å². The standard InChI is InChI=1S/C27H24F5N4O5/c28-20-9-8-16(12-19(20)25(39)34-10-11-35(23(38)14-34)17-4-1-2-5-17)15-36(41-26(40)27(30,31)32)24-18(22(37)13-33-36)6-3-7-21(24)29/h3,6-9,12-13,17H,1-2,4-5,10-11,14-15H2/q+1. The molecule has 1 saturated carbocycles. The topological polar surface area (TPSA) is 96.4 Å². The number of carbonyl (C=O) groups excluding carboxylic acids is 4. The molecule has 3 aliphatic rings. The summed E-state index contributed by atoms with van der Waals surface area (Å²) in [6, 6.07) is 6.23. The van der Waals surface area contributed by atoms with Crippen molar-refractivity contribution in [3.8, 4) is 0 Å². The van der Waals surface area contributed by atoms with E-state index >= 15 is 4.39 Å². The number of hydrogen-bond acceptors (Lipinski definition) is 6. The number of rotatable bonds is 5. The van der Waals surface area contributed by atoms with E-state index in [1.54, 1.807) is 4.90 Å². The Balaban J connectivity index is 1.46. The van der Waals surface area contributed by atoms with Crippen LogP contribution < -0.4 is 4.76 Å². The minimum atomic E-state index is -5.50. The van der Waals surface area contributed by atoms with Crippen LogP contribution in [0.3, 0.4) is 0 Å². The second kappa shape index (κ2) is 10.7. The van der Waals surface area contributed by atoms with Gasteiger partial charge >= 0.3 is 12.1 Å². The first-order valence-electron chi connectivity index (χ1n) is 12.8. The van der Waals surface area contributed by atoms with Crippen LogP contribution >= 0.6 is 0 Å². The van der Waals surface area contributed by atoms with Gasteiger partial charge in [0.2, 0.25) is 11.7 Å². The predicted molar refractivity (Wildman–Crippen MR) is 133 cm³/mol. The lowest BCUT2D eigenvalue weighted by Gasteiger charge is -2.38. The zero-order valence-corrected chi connectivity index (χ0v) is 21.5. The van der Waals surface area contributed by atoms with E-state index < -0.39 is 63.6 Å². The molecule has 2 fully saturated rings. The fraction of sp³-hybridized carbons (Fsp3) is 0.370. The number of benzene rings is 2. The summed E-state index contributed by atoms with van der Waals surface area (Å²) in [5, 5.41) is 3.68. The first kappa shape index (κ1) is 28.3. The van der Waals surface area contributed by atoms with E-state index in [1.807, 2.05) is 0 Å². The van der Waals surface area contributed by atoms with Crippen molar-refractivity contribution in [3.63, 3.8) is 0 Å². The molecule has 2 aliphatic heterocycles. The quantitative estimate of drug-likeness (QED) is 0.396. The van der Waals surface area contributed by atoms with Crippen LogP contribution in [0.4, 0.5) is 27.6 Å². The third kappa shape index (κ3) is 5.43. The third-order valence-corrected chi connectivity index (χ3v) is 7.40. The Hall–Kier alpha value is -4.20. The highest BCUT2D eigenvalue weighted by Crippen LogP contribution is 2.38. The maximum absolute atomic E-state index is 15.0. The molecule has 0 aromatic heterocycles. The molecule has 14 heteroatoms. The lowest BCUT2D eigenvalue weighted by molar-refractivity contribution is -0.237. The average Bonchev–Trinajstić information content (AvgIpc) is 3.46. The molecule has 0 bridgehead atoms. The number of piperazine rings is 1. The molecule has 9 nitrogen and oxygen atoms in total. The van der Waals surface area contributed by atoms with Crippen molar-refractivity contribution in [2.24, 2.45) is 5.10 Å². The number of Topliss-reactive ketones (excluding diaryl/α,β-unsaturated/α-hetero) is 1. The van der Waals surface area contributed by atoms with Gasteiger partial charge < -0.3 is 9.80 Å². The van der Waals surface area contributed by atoms with Crippen molar-refractivity contribution >= 4 is 35.5 Å². The molecule has 5 rings (SSSR count). The Morgan fingerprint density at radius 1 is 1.02 bits per heavy atom. The minimum absolute atomic E-state index is 0.0682. The predicted octanol–water partition coefficient (Wildman–Crippen LogP) is 3.90. The average molecular weight is 580 g/mol. The van der Waals surface area contributed by atoms with Gasteiger partial charge in [0.05, 0.1) is 11.1 Å². The zero-order valence-electron chi connectivity index (χ0n) is 21.5. The van der Waals surface area contributed by atoms with Crippen LogP contribution in [0.1, 0.15) is 52.0 Å². The monoisotopic (exact) mass is 579 g/mol. The number of amides is 2. The Kier molecular flexibility index (Phi) is 7.36. The Morgan fingerprint density at radius 3 is 2.44 bits per heavy atom. The van der Waals surface area contributed by atoms with Gasteiger partial charge in [0.25, 0.3) is 11.6 Å². The molecule has 2 amide bonds. The summed E-state index contributed by atoms with van der Waals surface area (Å²) in [6.45, 7) is -0.663. The number of para-hydroxylation sites is 1. The van der Waals surface area contributed by atoms with Crippen molar-refractivity contribution in [1.29, 1.82) is 0 Å². The van der Waals surface area contributed by atoms with Crippen molar-refractivity contribution in [2.75, 3.05) is 19.6 Å². The van der Waals surface area contributed by atoms with Gasteiger partial charge in [-0.1, -0.05) is 25.0 Å². The van der Waals surface area contributed by atoms with Crippen LogP contribution in [0.15, 0.2) is 41.5 Å². The number of alkyl halides is 3. The van der Waals surface area contributed by atoms with Crippen molar-refractivity contribution in [1.82, 2.24) is 14.6 Å². The molecule has 41 heavy (non-hydrogen) atoms. The number of hydroxylamine groups is 1. The summed E-state index contributed by atoms with van der Waals surface area (Å²) in [4.78, 5) is 57.9. The van der Waals surface area contributed by atoms with Crippen LogP contribution in [0.25, 0.3) is 0 Å². The molecule has 0 N–H and O–H groups in total. The SMILES string of the molecule is O=C1C=N[N+](Cc2ccc(F)c(C(=O)N3CCN(C4CCCC4)C(=O)C3)c2)(OC(=O)C(F)(F)F)c2c(F)cccc21. The number of quaternary nitrogens is 1. The second-order valence-electron chi connectivity index (χ2n) is 10.0. The number of hydrogen-bond donors (Lipinski definition) is 0. The van der Waals surface area contributed by atoms with Crippen LogP contribution in [-0.4, -0.2) is 71.4 Å². The van der Waals surface area contributed by atoms with Gasteiger partial charge in [-0.15, -0.1) is 0 Å². The van der Waals surface area contributed by atoms with E-state index in [0.717, 1.165) is 62.1 Å². The summed E-state index contributed by atoms with van der Waals surface area (Å²) in [6.07, 6.45) is -1.11. The largest absolute Gasteiger partial charge is 0.497 e. The molecule has 1 atom stereocenters. The van der Waals surface area contributed by atoms with Gasteiger partial charge in [-0.25, -0.2) is 18.4 Å². The van der Waals surface area contributed by atoms with Crippen LogP contribution in [0.2, 0.25) is 0 Å². The van der Waals surface area contributed by atoms with E-state index in [1.165, 1.54) is 4.90 Å². The highest BCUT2D eigenvalue weighted by Gasteiger charge is 2.53. The molecular weight excluding hydrogens is 555 g/mol. The van der Waals surface area contributed by atoms with Gasteiger partial charge in [0.15, 0.2) is 12.4 Å². The molecule has 1 unspecified atom stereocenters. The van der Waals surface area contributed by atoms with E-state index in [4.69, 9.17) is 0 Å². The molecule has 2 aromatic carbocycles. The third-order valence-electron chi connectivity index (χ3n) is 7.40. The molecule has 1 saturated heterocycles. The van der Waals surface area contributed by atoms with E-state index in [-0.39, 0.29) is 37.1 Å². The lowest BCUT2D eigenvalue weighted by atomic mass is 10.0. The first-order chi connectivity index (χ1) is 19.4. The molecule has 2 heterocycles. The highest BCUT2D eigenvalue weighted by atomic mass is 19.4. The van der Waals surface area contributed by atoms with Crippen LogP contribution in [-0.2, 0) is 21.0 Å². The summed E-state index contributed by atoms with van der Waals surface area (Å²) in [5.74, 6) is -6.79. The normalized spacial score (nSPS) is 21.3. The highest BCUT2D eigenvalue weighted by molar-refractivity contribution is 6.37. The Bertz CT molecular complexity index is 1460. The maximum atomic E-state index is 15.0. The van der Waals surface area contributed by atoms with Gasteiger partial charge in [0, 0.05) is 29.5 Å². The summed E-state index contributed by atoms with van der Waals surface area (Å²) < 4.78 is 67.8. The molecular formula is C27H24F5N4O5+. The summed E-state index contributed by atoms with van der Waals surface area (Å²) in [5.41, 5.74) is -1.72. The number of fused-ring (bicyclic) bond motifs is 1. The van der Waals surface area contributed by atoms with Crippen molar-refractivity contribution in [2.45, 2.75) is 44.4 Å². The fourth-order valence-electron chi connectivity index (χ4n) is 5.47. The smallest absolute Gasteiger partial charge is 0.336 e. The number of nitrogens with zero attached hydrogens (tertiary/aromatic N) is 4. The lowest BCUT2D eigenvalue weighted by Crippen LogP contribution is -2.55. The summed E-state index contributed by atoms with van der Waals surface area (Å²) >= 11 is 0. The van der Waals surface area contributed by atoms with Crippen molar-refractivity contribution < 1.29 is 46.0 Å². The second-order valence-corrected chi connectivity index (χ2v) is 10.0. The fourth-order valence-corrected chi connectivity index (χ4v) is 5.47. The minimum Gasteiger partial charge on any atom is -0.336 e. The maximum Gasteiger partial charge on any atom is 0.497 e. The molecule has 216 valence electrons. The van der Waals surface area contributed by atoms with E-state index in [0.29, 0.717) is 6.21 Å². The van der Waals surface area contributed by atoms with E-state index in [2.05, 4.69) is 9.94 Å². The van der Waals surface area contributed by atoms with Gasteiger partial charge in [-0.3, -0.25) is 14.4 Å². The molecule has 0 spiro atoms. The Morgan fingerprint density at radius 2 is 1.76 bits per heavy atom. The first-order valence-corrected chi connectivity index (χ1v) is 12.8.